The molecule has 8 heteroatoms. The predicted molar refractivity (Wildman–Crippen MR) is 95.7 cm³/mol. The molecule has 7 nitrogen and oxygen atoms in total. The molecule has 1 fully saturated rings. The van der Waals surface area contributed by atoms with Gasteiger partial charge < -0.3 is 9.32 Å². The zero-order chi connectivity index (χ0) is 18.8. The molecule has 1 aromatic carbocycles. The molecule has 1 aromatic heterocycles. The number of hydrogen-bond donors (Lipinski definition) is 2. The highest BCUT2D eigenvalue weighted by molar-refractivity contribution is 6.30. The average molecular weight is 376 g/mol. The molecular weight excluding hydrogens is 358 g/mol. The van der Waals surface area contributed by atoms with Crippen molar-refractivity contribution in [3.05, 3.63) is 52.4 Å². The van der Waals surface area contributed by atoms with Crippen molar-refractivity contribution >= 4 is 35.0 Å². The van der Waals surface area contributed by atoms with Crippen LogP contribution in [0.25, 0.3) is 0 Å². The lowest BCUT2D eigenvalue weighted by Gasteiger charge is -2.16. The monoisotopic (exact) mass is 375 g/mol. The van der Waals surface area contributed by atoms with E-state index in [-0.39, 0.29) is 18.9 Å². The molecule has 1 unspecified atom stereocenters. The van der Waals surface area contributed by atoms with Crippen LogP contribution in [0, 0.1) is 19.8 Å². The SMILES string of the molecule is Cc1cc(C(=O)NNC(=O)C2CC(=O)N(c3ccc(Cl)cc3)C2)c(C)o1. The molecule has 2 aromatic rings. The maximum absolute atomic E-state index is 12.3. The Morgan fingerprint density at radius 3 is 2.50 bits per heavy atom. The van der Waals surface area contributed by atoms with Crippen molar-refractivity contribution in [3.8, 4) is 0 Å². The third kappa shape index (κ3) is 3.72. The second-order valence-electron chi connectivity index (χ2n) is 6.15. The first kappa shape index (κ1) is 18.0. The van der Waals surface area contributed by atoms with E-state index in [0.717, 1.165) is 0 Å². The highest BCUT2D eigenvalue weighted by Crippen LogP contribution is 2.26. The average Bonchev–Trinajstić information content (AvgIpc) is 3.15. The first-order valence-corrected chi connectivity index (χ1v) is 8.46. The summed E-state index contributed by atoms with van der Waals surface area (Å²) in [6.45, 7) is 3.65. The van der Waals surface area contributed by atoms with Crippen LogP contribution < -0.4 is 15.8 Å². The Labute approximate surface area is 155 Å². The molecule has 136 valence electrons. The fraction of sp³-hybridized carbons (Fsp3) is 0.278. The van der Waals surface area contributed by atoms with Gasteiger partial charge in [-0.25, -0.2) is 0 Å². The number of anilines is 1. The van der Waals surface area contributed by atoms with E-state index in [9.17, 15) is 14.4 Å². The number of amides is 3. The van der Waals surface area contributed by atoms with Crippen LogP contribution in [0.4, 0.5) is 5.69 Å². The largest absolute Gasteiger partial charge is 0.466 e. The molecule has 0 aliphatic carbocycles. The number of carbonyl (C=O) groups is 3. The third-order valence-corrected chi connectivity index (χ3v) is 4.47. The smallest absolute Gasteiger partial charge is 0.273 e. The van der Waals surface area contributed by atoms with Gasteiger partial charge in [0.05, 0.1) is 11.5 Å². The summed E-state index contributed by atoms with van der Waals surface area (Å²) in [7, 11) is 0. The van der Waals surface area contributed by atoms with E-state index in [0.29, 0.717) is 27.8 Å². The van der Waals surface area contributed by atoms with Crippen LogP contribution in [-0.2, 0) is 9.59 Å². The van der Waals surface area contributed by atoms with E-state index in [1.165, 1.54) is 4.90 Å². The summed E-state index contributed by atoms with van der Waals surface area (Å²) in [5.74, 6) is -0.503. The van der Waals surface area contributed by atoms with E-state index >= 15 is 0 Å². The van der Waals surface area contributed by atoms with Crippen LogP contribution in [0.3, 0.4) is 0 Å². The number of hydrazine groups is 1. The Morgan fingerprint density at radius 1 is 1.19 bits per heavy atom. The number of aryl methyl sites for hydroxylation is 2. The Kier molecular flexibility index (Phi) is 4.99. The molecule has 1 atom stereocenters. The first-order valence-electron chi connectivity index (χ1n) is 8.08. The van der Waals surface area contributed by atoms with Crippen LogP contribution >= 0.6 is 11.6 Å². The Hall–Kier alpha value is -2.80. The van der Waals surface area contributed by atoms with Crippen LogP contribution in [-0.4, -0.2) is 24.3 Å². The Bertz CT molecular complexity index is 860. The summed E-state index contributed by atoms with van der Waals surface area (Å²) in [5, 5.41) is 0.571. The van der Waals surface area contributed by atoms with E-state index in [1.807, 2.05) is 0 Å². The van der Waals surface area contributed by atoms with E-state index < -0.39 is 17.7 Å². The molecule has 1 saturated heterocycles. The molecule has 3 rings (SSSR count). The molecule has 0 saturated carbocycles. The van der Waals surface area contributed by atoms with Gasteiger partial charge in [-0.3, -0.25) is 25.2 Å². The van der Waals surface area contributed by atoms with Gasteiger partial charge in [0.1, 0.15) is 11.5 Å². The van der Waals surface area contributed by atoms with Crippen LogP contribution in [0.15, 0.2) is 34.7 Å². The molecule has 2 N–H and O–H groups in total. The van der Waals surface area contributed by atoms with Gasteiger partial charge >= 0.3 is 0 Å². The van der Waals surface area contributed by atoms with Crippen LogP contribution in [0.5, 0.6) is 0 Å². The number of nitrogens with zero attached hydrogens (tertiary/aromatic N) is 1. The highest BCUT2D eigenvalue weighted by Gasteiger charge is 2.35. The van der Waals surface area contributed by atoms with Crippen molar-refractivity contribution < 1.29 is 18.8 Å². The standard InChI is InChI=1S/C18H18ClN3O4/c1-10-7-15(11(2)26-10)18(25)21-20-17(24)12-8-16(23)22(9-12)14-5-3-13(19)4-6-14/h3-7,12H,8-9H2,1-2H3,(H,20,24)(H,21,25). The van der Waals surface area contributed by atoms with Gasteiger partial charge in [0.15, 0.2) is 0 Å². The molecule has 1 aliphatic rings. The maximum Gasteiger partial charge on any atom is 0.273 e. The van der Waals surface area contributed by atoms with Gasteiger partial charge in [0.25, 0.3) is 5.91 Å². The lowest BCUT2D eigenvalue weighted by Crippen LogP contribution is -2.45. The quantitative estimate of drug-likeness (QED) is 0.805. The summed E-state index contributed by atoms with van der Waals surface area (Å²) in [5.41, 5.74) is 5.78. The van der Waals surface area contributed by atoms with Crippen LogP contribution in [0.2, 0.25) is 5.02 Å². The van der Waals surface area contributed by atoms with E-state index in [2.05, 4.69) is 10.9 Å². The minimum Gasteiger partial charge on any atom is -0.466 e. The topological polar surface area (TPSA) is 91.7 Å². The maximum atomic E-state index is 12.3. The predicted octanol–water partition coefficient (Wildman–Crippen LogP) is 2.36. The Balaban J connectivity index is 1.59. The zero-order valence-electron chi connectivity index (χ0n) is 14.3. The summed E-state index contributed by atoms with van der Waals surface area (Å²) in [4.78, 5) is 38.1. The van der Waals surface area contributed by atoms with E-state index in [1.54, 1.807) is 44.2 Å². The molecule has 26 heavy (non-hydrogen) atoms. The highest BCUT2D eigenvalue weighted by atomic mass is 35.5. The number of carbonyl (C=O) groups excluding carboxylic acids is 3. The Morgan fingerprint density at radius 2 is 1.88 bits per heavy atom. The van der Waals surface area contributed by atoms with Gasteiger partial charge in [-0.1, -0.05) is 11.6 Å². The van der Waals surface area contributed by atoms with Gasteiger partial charge in [-0.05, 0) is 44.2 Å². The van der Waals surface area contributed by atoms with Crippen LogP contribution in [0.1, 0.15) is 28.3 Å². The van der Waals surface area contributed by atoms with Crippen molar-refractivity contribution in [2.75, 3.05) is 11.4 Å². The summed E-state index contributed by atoms with van der Waals surface area (Å²) >= 11 is 5.85. The summed E-state index contributed by atoms with van der Waals surface area (Å²) in [6, 6.07) is 8.43. The molecule has 0 bridgehead atoms. The minimum absolute atomic E-state index is 0.0776. The number of furan rings is 1. The van der Waals surface area contributed by atoms with Crippen molar-refractivity contribution in [1.29, 1.82) is 0 Å². The first-order chi connectivity index (χ1) is 12.3. The van der Waals surface area contributed by atoms with Crippen molar-refractivity contribution in [2.24, 2.45) is 5.92 Å². The normalized spacial score (nSPS) is 16.7. The van der Waals surface area contributed by atoms with Crippen molar-refractivity contribution in [3.63, 3.8) is 0 Å². The molecular formula is C18H18ClN3O4. The molecule has 0 spiro atoms. The lowest BCUT2D eigenvalue weighted by atomic mass is 10.1. The summed E-state index contributed by atoms with van der Waals surface area (Å²) < 4.78 is 5.29. The van der Waals surface area contributed by atoms with Gasteiger partial charge in [-0.2, -0.15) is 0 Å². The number of hydrogen-bond acceptors (Lipinski definition) is 4. The van der Waals surface area contributed by atoms with Gasteiger partial charge in [0.2, 0.25) is 11.8 Å². The zero-order valence-corrected chi connectivity index (χ0v) is 15.1. The third-order valence-electron chi connectivity index (χ3n) is 4.22. The number of benzene rings is 1. The number of nitrogens with one attached hydrogen (secondary N) is 2. The van der Waals surface area contributed by atoms with Gasteiger partial charge in [0, 0.05) is 23.7 Å². The van der Waals surface area contributed by atoms with E-state index in [4.69, 9.17) is 16.0 Å². The fourth-order valence-corrected chi connectivity index (χ4v) is 3.02. The number of halogens is 1. The minimum atomic E-state index is -0.550. The number of rotatable bonds is 3. The van der Waals surface area contributed by atoms with Crippen molar-refractivity contribution in [1.82, 2.24) is 10.9 Å². The molecule has 1 aliphatic heterocycles. The second-order valence-corrected chi connectivity index (χ2v) is 6.59. The molecule has 0 radical (unpaired) electrons. The van der Waals surface area contributed by atoms with Gasteiger partial charge in [-0.15, -0.1) is 0 Å². The van der Waals surface area contributed by atoms with Crippen molar-refractivity contribution in [2.45, 2.75) is 20.3 Å². The lowest BCUT2D eigenvalue weighted by molar-refractivity contribution is -0.126. The molecule has 3 amide bonds. The summed E-state index contributed by atoms with van der Waals surface area (Å²) in [6.07, 6.45) is 0.0776. The molecule has 2 heterocycles. The fourth-order valence-electron chi connectivity index (χ4n) is 2.90. The second kappa shape index (κ2) is 7.21.